The fourth-order valence-electron chi connectivity index (χ4n) is 9.49. The lowest BCUT2D eigenvalue weighted by atomic mass is 9.65. The zero-order valence-electron chi connectivity index (χ0n) is 32.5. The second kappa shape index (κ2) is 13.6. The van der Waals surface area contributed by atoms with Crippen LogP contribution in [0.25, 0.3) is 78.2 Å². The van der Waals surface area contributed by atoms with Crippen molar-refractivity contribution in [2.45, 2.75) is 5.41 Å². The van der Waals surface area contributed by atoms with Gasteiger partial charge in [-0.25, -0.2) is 9.97 Å². The second-order valence-electron chi connectivity index (χ2n) is 15.5. The van der Waals surface area contributed by atoms with Gasteiger partial charge in [-0.05, 0) is 75.3 Å². The van der Waals surface area contributed by atoms with Gasteiger partial charge in [-0.2, -0.15) is 0 Å². The Hall–Kier alpha value is -7.95. The number of pyridine rings is 1. The van der Waals surface area contributed by atoms with Crippen LogP contribution in [0.1, 0.15) is 22.3 Å². The van der Waals surface area contributed by atoms with Crippen molar-refractivity contribution >= 4 is 10.9 Å². The van der Waals surface area contributed by atoms with Gasteiger partial charge in [0.2, 0.25) is 0 Å². The Bertz CT molecular complexity index is 3230. The molecule has 4 heteroatoms. The summed E-state index contributed by atoms with van der Waals surface area (Å²) in [6.45, 7) is 0. The highest BCUT2D eigenvalue weighted by atomic mass is 16.5. The summed E-state index contributed by atoms with van der Waals surface area (Å²) in [7, 11) is 0. The molecule has 0 fully saturated rings. The minimum Gasteiger partial charge on any atom is -0.457 e. The number of hydrogen-bond donors (Lipinski definition) is 0. The molecule has 60 heavy (non-hydrogen) atoms. The van der Waals surface area contributed by atoms with Gasteiger partial charge in [0.05, 0.1) is 22.3 Å². The number of benzene rings is 8. The van der Waals surface area contributed by atoms with Crippen molar-refractivity contribution in [3.05, 3.63) is 235 Å². The minimum atomic E-state index is -0.675. The molecule has 0 amide bonds. The molecule has 12 rings (SSSR count). The van der Waals surface area contributed by atoms with Crippen molar-refractivity contribution in [1.29, 1.82) is 0 Å². The fourth-order valence-corrected chi connectivity index (χ4v) is 9.49. The third-order valence-corrected chi connectivity index (χ3v) is 12.2. The van der Waals surface area contributed by atoms with E-state index in [0.717, 1.165) is 78.3 Å². The summed E-state index contributed by atoms with van der Waals surface area (Å²) in [6.07, 6.45) is 1.88. The normalized spacial score (nSPS) is 12.9. The zero-order chi connectivity index (χ0) is 39.6. The zero-order valence-corrected chi connectivity index (χ0v) is 32.5. The number of hydrogen-bond acceptors (Lipinski definition) is 4. The molecular formula is C56H35N3O. The maximum Gasteiger partial charge on any atom is 0.160 e. The molecule has 280 valence electrons. The second-order valence-corrected chi connectivity index (χ2v) is 15.5. The lowest BCUT2D eigenvalue weighted by Gasteiger charge is -2.39. The molecule has 1 aliphatic carbocycles. The first kappa shape index (κ1) is 34.1. The Kier molecular flexibility index (Phi) is 7.72. The van der Waals surface area contributed by atoms with Crippen LogP contribution >= 0.6 is 0 Å². The summed E-state index contributed by atoms with van der Waals surface area (Å²) < 4.78 is 6.72. The highest BCUT2D eigenvalue weighted by molar-refractivity contribution is 5.97. The standard InChI is InChI=1S/C56H35N3O/c1-3-13-36(14-4-1)37-24-26-38(27-25-37)50-35-51(59-55(58-50)40-15-5-2-6-16-40)42-29-31-45-44-30-28-41(43-19-11-17-39-18-12-32-57-54(39)43)33-48(44)56(49(45)34-42)46-20-7-9-22-52(46)60-53-23-10-8-21-47(53)56/h1-35H. The monoisotopic (exact) mass is 765 g/mol. The van der Waals surface area contributed by atoms with E-state index in [1.807, 2.05) is 36.5 Å². The maximum absolute atomic E-state index is 6.72. The predicted octanol–water partition coefficient (Wildman–Crippen LogP) is 13.8. The average molecular weight is 766 g/mol. The van der Waals surface area contributed by atoms with Crippen LogP contribution in [0, 0.1) is 0 Å². The summed E-state index contributed by atoms with van der Waals surface area (Å²) in [5.41, 5.74) is 16.7. The largest absolute Gasteiger partial charge is 0.457 e. The van der Waals surface area contributed by atoms with Crippen LogP contribution in [0.3, 0.4) is 0 Å². The third kappa shape index (κ3) is 5.28. The molecule has 1 aliphatic heterocycles. The van der Waals surface area contributed by atoms with Crippen molar-refractivity contribution in [2.24, 2.45) is 0 Å². The number of aromatic nitrogens is 3. The van der Waals surface area contributed by atoms with E-state index in [-0.39, 0.29) is 0 Å². The molecule has 8 aromatic carbocycles. The van der Waals surface area contributed by atoms with Crippen molar-refractivity contribution in [3.63, 3.8) is 0 Å². The van der Waals surface area contributed by atoms with E-state index in [2.05, 4.69) is 176 Å². The van der Waals surface area contributed by atoms with Crippen molar-refractivity contribution < 1.29 is 4.74 Å². The summed E-state index contributed by atoms with van der Waals surface area (Å²) in [4.78, 5) is 15.3. The van der Waals surface area contributed by atoms with Crippen molar-refractivity contribution in [2.75, 3.05) is 0 Å². The predicted molar refractivity (Wildman–Crippen MR) is 242 cm³/mol. The first-order chi connectivity index (χ1) is 29.7. The van der Waals surface area contributed by atoms with E-state index in [1.54, 1.807) is 0 Å². The van der Waals surface area contributed by atoms with E-state index < -0.39 is 5.41 Å². The lowest BCUT2D eigenvalue weighted by molar-refractivity contribution is 0.436. The van der Waals surface area contributed by atoms with E-state index >= 15 is 0 Å². The Morgan fingerprint density at radius 1 is 0.350 bits per heavy atom. The molecule has 0 bridgehead atoms. The van der Waals surface area contributed by atoms with Crippen LogP contribution in [0.15, 0.2) is 212 Å². The molecule has 2 aromatic heterocycles. The van der Waals surface area contributed by atoms with E-state index in [9.17, 15) is 0 Å². The first-order valence-electron chi connectivity index (χ1n) is 20.3. The van der Waals surface area contributed by atoms with Gasteiger partial charge < -0.3 is 4.74 Å². The van der Waals surface area contributed by atoms with E-state index in [4.69, 9.17) is 19.7 Å². The van der Waals surface area contributed by atoms with E-state index in [1.165, 1.54) is 27.8 Å². The molecule has 10 aromatic rings. The Labute approximate surface area is 348 Å². The van der Waals surface area contributed by atoms with Crippen molar-refractivity contribution in [3.8, 4) is 78.8 Å². The topological polar surface area (TPSA) is 47.9 Å². The molecule has 0 N–H and O–H groups in total. The molecule has 0 saturated carbocycles. The van der Waals surface area contributed by atoms with Crippen LogP contribution in [0.2, 0.25) is 0 Å². The highest BCUT2D eigenvalue weighted by Gasteiger charge is 2.51. The smallest absolute Gasteiger partial charge is 0.160 e. The van der Waals surface area contributed by atoms with Gasteiger partial charge in [0.1, 0.15) is 11.5 Å². The number of para-hydroxylation sites is 3. The first-order valence-corrected chi connectivity index (χ1v) is 20.3. The van der Waals surface area contributed by atoms with Crippen LogP contribution in [0.5, 0.6) is 11.5 Å². The molecule has 0 unspecified atom stereocenters. The molecule has 3 heterocycles. The van der Waals surface area contributed by atoms with Gasteiger partial charge in [-0.1, -0.05) is 170 Å². The van der Waals surface area contributed by atoms with Gasteiger partial charge in [-0.15, -0.1) is 0 Å². The molecule has 0 atom stereocenters. The van der Waals surface area contributed by atoms with Crippen LogP contribution in [0.4, 0.5) is 0 Å². The molecule has 1 spiro atoms. The molecule has 0 saturated heterocycles. The van der Waals surface area contributed by atoms with Crippen LogP contribution in [-0.2, 0) is 5.41 Å². The SMILES string of the molecule is c1ccc(-c2ccc(-c3cc(-c4ccc5c(c4)C4(c6ccccc6Oc6ccccc64)c4cc(-c6cccc7cccnc67)ccc4-5)nc(-c4ccccc4)n3)cc2)cc1. The average Bonchev–Trinajstić information content (AvgIpc) is 3.61. The molecular weight excluding hydrogens is 731 g/mol. The van der Waals surface area contributed by atoms with Gasteiger partial charge >= 0.3 is 0 Å². The highest BCUT2D eigenvalue weighted by Crippen LogP contribution is 2.63. The van der Waals surface area contributed by atoms with Gasteiger partial charge in [0.25, 0.3) is 0 Å². The molecule has 4 nitrogen and oxygen atoms in total. The lowest BCUT2D eigenvalue weighted by Crippen LogP contribution is -2.32. The molecule has 2 aliphatic rings. The summed E-state index contributed by atoms with van der Waals surface area (Å²) >= 11 is 0. The Balaban J connectivity index is 1.09. The quantitative estimate of drug-likeness (QED) is 0.175. The summed E-state index contributed by atoms with van der Waals surface area (Å²) in [5.74, 6) is 2.39. The van der Waals surface area contributed by atoms with Crippen LogP contribution < -0.4 is 4.74 Å². The van der Waals surface area contributed by atoms with Crippen molar-refractivity contribution in [1.82, 2.24) is 15.0 Å². The summed E-state index contributed by atoms with van der Waals surface area (Å²) in [6, 6.07) is 73.0. The Morgan fingerprint density at radius 3 is 1.58 bits per heavy atom. The van der Waals surface area contributed by atoms with Gasteiger partial charge in [-0.3, -0.25) is 4.98 Å². The van der Waals surface area contributed by atoms with Crippen LogP contribution in [-0.4, -0.2) is 15.0 Å². The molecule has 0 radical (unpaired) electrons. The minimum absolute atomic E-state index is 0.675. The Morgan fingerprint density at radius 2 is 0.883 bits per heavy atom. The third-order valence-electron chi connectivity index (χ3n) is 12.2. The van der Waals surface area contributed by atoms with Gasteiger partial charge in [0, 0.05) is 45.0 Å². The number of ether oxygens (including phenoxy) is 1. The van der Waals surface area contributed by atoms with E-state index in [0.29, 0.717) is 5.82 Å². The fraction of sp³-hybridized carbons (Fsp3) is 0.0179. The number of nitrogens with zero attached hydrogens (tertiary/aromatic N) is 3. The number of rotatable bonds is 5. The summed E-state index contributed by atoms with van der Waals surface area (Å²) in [5, 5.41) is 1.12. The number of fused-ring (bicyclic) bond motifs is 10. The maximum atomic E-state index is 6.72. The van der Waals surface area contributed by atoms with Gasteiger partial charge in [0.15, 0.2) is 5.82 Å².